The summed E-state index contributed by atoms with van der Waals surface area (Å²) in [6.45, 7) is 7.85. The van der Waals surface area contributed by atoms with Crippen LogP contribution in [-0.4, -0.2) is 40.6 Å². The van der Waals surface area contributed by atoms with E-state index in [9.17, 15) is 8.42 Å². The molecule has 1 aromatic carbocycles. The third-order valence-electron chi connectivity index (χ3n) is 3.55. The van der Waals surface area contributed by atoms with Gasteiger partial charge in [0.15, 0.2) is 5.96 Å². The van der Waals surface area contributed by atoms with E-state index in [0.29, 0.717) is 36.4 Å². The third-order valence-corrected chi connectivity index (χ3v) is 6.41. The molecule has 2 aromatic rings. The molecule has 0 aliphatic carbocycles. The Hall–Kier alpha value is -1.63. The van der Waals surface area contributed by atoms with Gasteiger partial charge in [-0.25, -0.2) is 18.1 Å². The Bertz CT molecular complexity index is 871. The van der Waals surface area contributed by atoms with Gasteiger partial charge in [-0.05, 0) is 24.4 Å². The van der Waals surface area contributed by atoms with E-state index in [2.05, 4.69) is 26.9 Å². The maximum absolute atomic E-state index is 12.1. The van der Waals surface area contributed by atoms with Gasteiger partial charge in [0, 0.05) is 25.2 Å². The molecule has 0 bridgehead atoms. The molecule has 0 saturated carbocycles. The minimum Gasteiger partial charge on any atom is -0.489 e. The van der Waals surface area contributed by atoms with Crippen molar-refractivity contribution in [2.24, 2.45) is 4.99 Å². The third kappa shape index (κ3) is 8.72. The van der Waals surface area contributed by atoms with Crippen molar-refractivity contribution in [2.45, 2.75) is 17.7 Å². The van der Waals surface area contributed by atoms with Gasteiger partial charge in [0.1, 0.15) is 16.6 Å². The lowest BCUT2D eigenvalue weighted by atomic mass is 10.2. The molecule has 7 nitrogen and oxygen atoms in total. The van der Waals surface area contributed by atoms with Crippen molar-refractivity contribution >= 4 is 51.3 Å². The molecule has 1 aromatic heterocycles. The summed E-state index contributed by atoms with van der Waals surface area (Å²) in [5.41, 5.74) is 0.958. The fourth-order valence-electron chi connectivity index (χ4n) is 2.28. The van der Waals surface area contributed by atoms with E-state index >= 15 is 0 Å². The monoisotopic (exact) mass is 550 g/mol. The minimum absolute atomic E-state index is 0. The number of sulfonamides is 1. The first-order valence-corrected chi connectivity index (χ1v) is 11.3. The van der Waals surface area contributed by atoms with Crippen LogP contribution >= 0.6 is 35.3 Å². The van der Waals surface area contributed by atoms with E-state index in [4.69, 9.17) is 4.74 Å². The van der Waals surface area contributed by atoms with Gasteiger partial charge in [0.2, 0.25) is 10.0 Å². The molecule has 1 heterocycles. The Kier molecular flexibility index (Phi) is 11.9. The van der Waals surface area contributed by atoms with Gasteiger partial charge >= 0.3 is 0 Å². The number of nitrogens with one attached hydrogen (secondary N) is 3. The molecule has 10 heteroatoms. The first kappa shape index (κ1) is 25.4. The molecule has 0 saturated heterocycles. The zero-order valence-corrected chi connectivity index (χ0v) is 20.2. The summed E-state index contributed by atoms with van der Waals surface area (Å²) in [5.74, 6) is 1.38. The van der Waals surface area contributed by atoms with Crippen LogP contribution in [0.3, 0.4) is 0 Å². The highest BCUT2D eigenvalue weighted by atomic mass is 127. The van der Waals surface area contributed by atoms with E-state index in [0.717, 1.165) is 11.3 Å². The van der Waals surface area contributed by atoms with Gasteiger partial charge in [-0.2, -0.15) is 0 Å². The van der Waals surface area contributed by atoms with Crippen LogP contribution in [0, 0.1) is 0 Å². The van der Waals surface area contributed by atoms with Gasteiger partial charge in [0.05, 0.1) is 6.54 Å². The van der Waals surface area contributed by atoms with Crippen molar-refractivity contribution < 1.29 is 13.2 Å². The van der Waals surface area contributed by atoms with Crippen LogP contribution in [0.1, 0.15) is 12.5 Å². The van der Waals surface area contributed by atoms with Crippen LogP contribution in [0.25, 0.3) is 0 Å². The molecule has 0 atom stereocenters. The molecule has 0 aliphatic rings. The normalized spacial score (nSPS) is 11.4. The average molecular weight is 550 g/mol. The molecular weight excluding hydrogens is 523 g/mol. The van der Waals surface area contributed by atoms with Crippen molar-refractivity contribution in [3.63, 3.8) is 0 Å². The van der Waals surface area contributed by atoms with Gasteiger partial charge < -0.3 is 15.4 Å². The average Bonchev–Trinajstić information content (AvgIpc) is 3.24. The largest absolute Gasteiger partial charge is 0.489 e. The zero-order chi connectivity index (χ0) is 20.2. The lowest BCUT2D eigenvalue weighted by Gasteiger charge is -2.13. The number of hydrogen-bond acceptors (Lipinski definition) is 5. The molecule has 0 amide bonds. The number of benzene rings is 1. The van der Waals surface area contributed by atoms with Crippen molar-refractivity contribution in [3.05, 3.63) is 60.0 Å². The van der Waals surface area contributed by atoms with Crippen molar-refractivity contribution in [2.75, 3.05) is 26.2 Å². The number of aliphatic imine (C=N–C) groups is 1. The predicted molar refractivity (Wildman–Crippen MR) is 130 cm³/mol. The Labute approximate surface area is 193 Å². The summed E-state index contributed by atoms with van der Waals surface area (Å²) in [7, 11) is -3.45. The van der Waals surface area contributed by atoms with E-state index in [1.54, 1.807) is 23.6 Å². The van der Waals surface area contributed by atoms with E-state index in [-0.39, 0.29) is 30.5 Å². The number of nitrogens with zero attached hydrogens (tertiary/aromatic N) is 1. The number of ether oxygens (including phenoxy) is 1. The number of rotatable bonds is 11. The van der Waals surface area contributed by atoms with Gasteiger partial charge in [-0.3, -0.25) is 0 Å². The molecule has 0 unspecified atom stereocenters. The fraction of sp³-hybridized carbons (Fsp3) is 0.316. The van der Waals surface area contributed by atoms with E-state index in [1.165, 1.54) is 11.3 Å². The second-order valence-electron chi connectivity index (χ2n) is 5.66. The van der Waals surface area contributed by atoms with Crippen LogP contribution in [0.5, 0.6) is 5.75 Å². The van der Waals surface area contributed by atoms with Crippen LogP contribution in [0.4, 0.5) is 0 Å². The fourth-order valence-corrected chi connectivity index (χ4v) is 4.35. The summed E-state index contributed by atoms with van der Waals surface area (Å²) in [6, 6.07) is 11.0. The van der Waals surface area contributed by atoms with Crippen molar-refractivity contribution in [3.8, 4) is 5.75 Å². The molecule has 0 spiro atoms. The van der Waals surface area contributed by atoms with Crippen LogP contribution in [-0.2, 0) is 16.6 Å². The highest BCUT2D eigenvalue weighted by molar-refractivity contribution is 14.0. The maximum Gasteiger partial charge on any atom is 0.250 e. The quantitative estimate of drug-likeness (QED) is 0.132. The summed E-state index contributed by atoms with van der Waals surface area (Å²) in [4.78, 5) is 4.55. The highest BCUT2D eigenvalue weighted by Crippen LogP contribution is 2.18. The summed E-state index contributed by atoms with van der Waals surface area (Å²) >= 11 is 1.19. The Morgan fingerprint density at radius 3 is 2.69 bits per heavy atom. The van der Waals surface area contributed by atoms with Gasteiger partial charge in [-0.1, -0.05) is 36.9 Å². The molecule has 29 heavy (non-hydrogen) atoms. The van der Waals surface area contributed by atoms with E-state index < -0.39 is 10.0 Å². The zero-order valence-electron chi connectivity index (χ0n) is 16.3. The van der Waals surface area contributed by atoms with Crippen molar-refractivity contribution in [1.82, 2.24) is 15.4 Å². The maximum atomic E-state index is 12.1. The highest BCUT2D eigenvalue weighted by Gasteiger charge is 2.13. The number of halogens is 1. The van der Waals surface area contributed by atoms with E-state index in [1.807, 2.05) is 31.2 Å². The lowest BCUT2D eigenvalue weighted by Crippen LogP contribution is -2.41. The number of thiophene rings is 1. The standard InChI is InChI=1S/C19H26N4O3S2.HI/c1-3-13-26-17-9-6-5-8-16(17)15-22-19(20-4-2)21-11-12-23-28(24,25)18-10-7-14-27-18;/h3,5-10,14,23H,1,4,11-13,15H2,2H3,(H2,20,21,22);1H. The Balaban J connectivity index is 0.00000420. The Morgan fingerprint density at radius 2 is 2.00 bits per heavy atom. The molecular formula is C19H27IN4O3S2. The van der Waals surface area contributed by atoms with Gasteiger partial charge in [-0.15, -0.1) is 35.3 Å². The Morgan fingerprint density at radius 1 is 1.21 bits per heavy atom. The van der Waals surface area contributed by atoms with Gasteiger partial charge in [0.25, 0.3) is 0 Å². The smallest absolute Gasteiger partial charge is 0.250 e. The lowest BCUT2D eigenvalue weighted by molar-refractivity contribution is 0.359. The molecule has 0 fully saturated rings. The molecule has 3 N–H and O–H groups in total. The van der Waals surface area contributed by atoms with Crippen LogP contribution in [0.2, 0.25) is 0 Å². The minimum atomic E-state index is -3.45. The van der Waals surface area contributed by atoms with Crippen molar-refractivity contribution in [1.29, 1.82) is 0 Å². The predicted octanol–water partition coefficient (Wildman–Crippen LogP) is 2.96. The molecule has 0 aliphatic heterocycles. The number of hydrogen-bond donors (Lipinski definition) is 3. The van der Waals surface area contributed by atoms with Crippen LogP contribution < -0.4 is 20.1 Å². The molecule has 160 valence electrons. The first-order valence-electron chi connectivity index (χ1n) is 8.93. The molecule has 0 radical (unpaired) electrons. The summed E-state index contributed by atoms with van der Waals surface area (Å²) in [6.07, 6.45) is 1.70. The van der Waals surface area contributed by atoms with Crippen LogP contribution in [0.15, 0.2) is 63.6 Å². The number of para-hydroxylation sites is 1. The first-order chi connectivity index (χ1) is 13.6. The molecule has 2 rings (SSSR count). The number of guanidine groups is 1. The topological polar surface area (TPSA) is 91.8 Å². The SMILES string of the molecule is C=CCOc1ccccc1CN=C(NCC)NCCNS(=O)(=O)c1cccs1.I. The summed E-state index contributed by atoms with van der Waals surface area (Å²) < 4.78 is 32.7. The second kappa shape index (κ2) is 13.6. The second-order valence-corrected chi connectivity index (χ2v) is 8.60. The summed E-state index contributed by atoms with van der Waals surface area (Å²) in [5, 5.41) is 8.01.